The topological polar surface area (TPSA) is 90.5 Å². The standard InChI is InChI=1S/C11H9BrN2O3.C5H12O2.C2H2/c1-2-17-11(16)7-4-13-8-5-14-9(12)3-6(8)10(7)15;1-6-4-3-5-7-2;1-2/h3-5H,2H2,1H3,(H,13,15);3-5H2,1-2H3;1-2H. The second-order valence-corrected chi connectivity index (χ2v) is 5.46. The minimum absolute atomic E-state index is 0.00236. The van der Waals surface area contributed by atoms with E-state index in [2.05, 4.69) is 38.7 Å². The zero-order valence-corrected chi connectivity index (χ0v) is 16.7. The van der Waals surface area contributed by atoms with E-state index in [1.807, 2.05) is 0 Å². The van der Waals surface area contributed by atoms with Crippen molar-refractivity contribution >= 4 is 32.8 Å². The first-order valence-electron chi connectivity index (χ1n) is 7.70. The zero-order chi connectivity index (χ0) is 19.9. The van der Waals surface area contributed by atoms with E-state index < -0.39 is 5.97 Å². The molecule has 0 saturated carbocycles. The summed E-state index contributed by atoms with van der Waals surface area (Å²) < 4.78 is 14.9. The van der Waals surface area contributed by atoms with Crippen LogP contribution in [0.5, 0.6) is 0 Å². The van der Waals surface area contributed by atoms with Crippen molar-refractivity contribution in [2.45, 2.75) is 13.3 Å². The maximum absolute atomic E-state index is 12.0. The van der Waals surface area contributed by atoms with Crippen molar-refractivity contribution in [2.24, 2.45) is 0 Å². The third kappa shape index (κ3) is 7.78. The Balaban J connectivity index is 0.000000589. The van der Waals surface area contributed by atoms with Gasteiger partial charge in [0.2, 0.25) is 5.43 Å². The fourth-order valence-electron chi connectivity index (χ4n) is 1.80. The molecule has 0 fully saturated rings. The van der Waals surface area contributed by atoms with Gasteiger partial charge in [-0.2, -0.15) is 0 Å². The third-order valence-corrected chi connectivity index (χ3v) is 3.36. The number of esters is 1. The summed E-state index contributed by atoms with van der Waals surface area (Å²) in [5.74, 6) is -0.622. The quantitative estimate of drug-likeness (QED) is 0.330. The van der Waals surface area contributed by atoms with Crippen LogP contribution in [0.1, 0.15) is 23.7 Å². The number of H-pyrrole nitrogens is 1. The summed E-state index contributed by atoms with van der Waals surface area (Å²) in [6, 6.07) is 1.57. The van der Waals surface area contributed by atoms with Crippen LogP contribution in [-0.2, 0) is 14.2 Å². The van der Waals surface area contributed by atoms with Crippen LogP contribution in [0.15, 0.2) is 27.9 Å². The van der Waals surface area contributed by atoms with Crippen molar-refractivity contribution in [3.8, 4) is 12.8 Å². The Hall–Kier alpha value is -2.21. The molecular weight excluding hydrogens is 404 g/mol. The molecule has 1 N–H and O–H groups in total. The fourth-order valence-corrected chi connectivity index (χ4v) is 2.13. The first-order valence-corrected chi connectivity index (χ1v) is 8.49. The Kier molecular flexibility index (Phi) is 12.8. The second-order valence-electron chi connectivity index (χ2n) is 4.64. The van der Waals surface area contributed by atoms with Gasteiger partial charge in [0.25, 0.3) is 0 Å². The normalized spacial score (nSPS) is 9.46. The number of nitrogens with one attached hydrogen (secondary N) is 1. The van der Waals surface area contributed by atoms with E-state index in [1.54, 1.807) is 27.2 Å². The lowest BCUT2D eigenvalue weighted by atomic mass is 10.2. The lowest BCUT2D eigenvalue weighted by Crippen LogP contribution is -2.18. The van der Waals surface area contributed by atoms with Crippen molar-refractivity contribution in [1.82, 2.24) is 9.97 Å². The van der Waals surface area contributed by atoms with Crippen LogP contribution in [0, 0.1) is 12.8 Å². The van der Waals surface area contributed by atoms with Crippen molar-refractivity contribution < 1.29 is 19.0 Å². The van der Waals surface area contributed by atoms with E-state index in [0.29, 0.717) is 15.5 Å². The molecule has 26 heavy (non-hydrogen) atoms. The molecular formula is C18H23BrN2O5. The minimum Gasteiger partial charge on any atom is -0.462 e. The highest BCUT2D eigenvalue weighted by molar-refractivity contribution is 9.10. The molecule has 142 valence electrons. The van der Waals surface area contributed by atoms with Crippen LogP contribution in [0.2, 0.25) is 0 Å². The average Bonchev–Trinajstić information content (AvgIpc) is 2.65. The molecule has 0 aromatic carbocycles. The van der Waals surface area contributed by atoms with Crippen LogP contribution in [0.3, 0.4) is 0 Å². The van der Waals surface area contributed by atoms with Crippen LogP contribution in [-0.4, -0.2) is 50.0 Å². The van der Waals surface area contributed by atoms with Gasteiger partial charge in [-0.05, 0) is 35.3 Å². The van der Waals surface area contributed by atoms with Gasteiger partial charge >= 0.3 is 5.97 Å². The molecule has 2 rings (SSSR count). The number of fused-ring (bicyclic) bond motifs is 1. The Labute approximate surface area is 161 Å². The summed E-state index contributed by atoms with van der Waals surface area (Å²) in [4.78, 5) is 30.4. The molecule has 2 heterocycles. The summed E-state index contributed by atoms with van der Waals surface area (Å²) in [6.45, 7) is 3.52. The Morgan fingerprint density at radius 2 is 1.88 bits per heavy atom. The molecule has 0 aliphatic carbocycles. The fraction of sp³-hybridized carbons (Fsp3) is 0.389. The highest BCUT2D eigenvalue weighted by Gasteiger charge is 2.14. The summed E-state index contributed by atoms with van der Waals surface area (Å²) in [7, 11) is 3.38. The van der Waals surface area contributed by atoms with Gasteiger partial charge in [0.15, 0.2) is 0 Å². The number of carbonyl (C=O) groups is 1. The molecule has 0 atom stereocenters. The Bertz CT molecular complexity index is 754. The molecule has 0 bridgehead atoms. The Morgan fingerprint density at radius 1 is 1.27 bits per heavy atom. The summed E-state index contributed by atoms with van der Waals surface area (Å²) in [6.07, 6.45) is 11.9. The number of carbonyl (C=O) groups excluding carboxylic acids is 1. The van der Waals surface area contributed by atoms with Crippen molar-refractivity contribution in [2.75, 3.05) is 34.0 Å². The number of ether oxygens (including phenoxy) is 3. The minimum atomic E-state index is -0.622. The van der Waals surface area contributed by atoms with Crippen LogP contribution < -0.4 is 5.43 Å². The van der Waals surface area contributed by atoms with E-state index in [0.717, 1.165) is 19.6 Å². The number of nitrogens with zero attached hydrogens (tertiary/aromatic N) is 1. The number of aromatic amines is 1. The van der Waals surface area contributed by atoms with Gasteiger partial charge in [0, 0.05) is 33.6 Å². The van der Waals surface area contributed by atoms with Gasteiger partial charge in [0.05, 0.1) is 23.7 Å². The largest absolute Gasteiger partial charge is 0.462 e. The van der Waals surface area contributed by atoms with Crippen LogP contribution in [0.25, 0.3) is 10.9 Å². The van der Waals surface area contributed by atoms with Gasteiger partial charge in [-0.1, -0.05) is 0 Å². The number of methoxy groups -OCH3 is 2. The molecule has 7 nitrogen and oxygen atoms in total. The molecule has 0 aliphatic rings. The molecule has 0 unspecified atom stereocenters. The van der Waals surface area contributed by atoms with Gasteiger partial charge < -0.3 is 19.2 Å². The van der Waals surface area contributed by atoms with Crippen molar-refractivity contribution in [3.05, 3.63) is 38.9 Å². The van der Waals surface area contributed by atoms with E-state index in [4.69, 9.17) is 14.2 Å². The summed E-state index contributed by atoms with van der Waals surface area (Å²) in [5.41, 5.74) is 0.212. The predicted molar refractivity (Wildman–Crippen MR) is 104 cm³/mol. The number of aromatic nitrogens is 2. The average molecular weight is 427 g/mol. The summed E-state index contributed by atoms with van der Waals surface area (Å²) in [5, 5.41) is 0.400. The molecule has 0 radical (unpaired) electrons. The smallest absolute Gasteiger partial charge is 0.343 e. The number of pyridine rings is 2. The van der Waals surface area contributed by atoms with Gasteiger partial charge in [0.1, 0.15) is 10.2 Å². The van der Waals surface area contributed by atoms with E-state index in [1.165, 1.54) is 12.4 Å². The summed E-state index contributed by atoms with van der Waals surface area (Å²) >= 11 is 3.18. The van der Waals surface area contributed by atoms with Gasteiger partial charge in [-0.3, -0.25) is 4.79 Å². The predicted octanol–water partition coefficient (Wildman–Crippen LogP) is 2.78. The number of hydrogen-bond acceptors (Lipinski definition) is 6. The molecule has 2 aromatic rings. The molecule has 0 saturated heterocycles. The molecule has 0 amide bonds. The van der Waals surface area contributed by atoms with Crippen LogP contribution >= 0.6 is 15.9 Å². The van der Waals surface area contributed by atoms with Crippen molar-refractivity contribution in [3.63, 3.8) is 0 Å². The van der Waals surface area contributed by atoms with Gasteiger partial charge in [-0.15, -0.1) is 12.8 Å². The number of rotatable bonds is 6. The molecule has 2 aromatic heterocycles. The van der Waals surface area contributed by atoms with Crippen LogP contribution in [0.4, 0.5) is 0 Å². The van der Waals surface area contributed by atoms with Gasteiger partial charge in [-0.25, -0.2) is 9.78 Å². The molecule has 0 aliphatic heterocycles. The van der Waals surface area contributed by atoms with E-state index in [-0.39, 0.29) is 17.6 Å². The van der Waals surface area contributed by atoms with E-state index in [9.17, 15) is 9.59 Å². The highest BCUT2D eigenvalue weighted by Crippen LogP contribution is 2.12. The SMILES string of the molecule is C#C.CCOC(=O)c1c[nH]c2cnc(Br)cc2c1=O.COCCCOC. The number of hydrogen-bond donors (Lipinski definition) is 1. The zero-order valence-electron chi connectivity index (χ0n) is 15.1. The molecule has 8 heteroatoms. The lowest BCUT2D eigenvalue weighted by Gasteiger charge is -2.03. The highest BCUT2D eigenvalue weighted by atomic mass is 79.9. The maximum Gasteiger partial charge on any atom is 0.343 e. The van der Waals surface area contributed by atoms with E-state index >= 15 is 0 Å². The first kappa shape index (κ1) is 23.8. The number of terminal acetylenes is 1. The number of halogens is 1. The monoisotopic (exact) mass is 426 g/mol. The molecule has 0 spiro atoms. The Morgan fingerprint density at radius 3 is 2.42 bits per heavy atom. The second kappa shape index (κ2) is 14.0. The lowest BCUT2D eigenvalue weighted by molar-refractivity contribution is 0.0524. The maximum atomic E-state index is 12.0. The first-order chi connectivity index (χ1) is 12.5. The van der Waals surface area contributed by atoms with Crippen molar-refractivity contribution in [1.29, 1.82) is 0 Å². The third-order valence-electron chi connectivity index (χ3n) is 2.92.